The minimum atomic E-state index is -0.741. The molecule has 3 amide bonds. The molecule has 1 aromatic heterocycles. The van der Waals surface area contributed by atoms with Gasteiger partial charge < -0.3 is 16.4 Å². The number of amides is 3. The number of primary amides is 1. The summed E-state index contributed by atoms with van der Waals surface area (Å²) in [4.78, 5) is 22.3. The zero-order chi connectivity index (χ0) is 13.9. The van der Waals surface area contributed by atoms with Crippen molar-refractivity contribution in [1.29, 1.82) is 0 Å². The standard InChI is InChI=1S/C11H19N5O2/c1-6(13-10(12)18)9(17)14-8-5-7(15-16-8)11(2,3)4/h5-6H,1-4H3,(H3,12,13,18)(H2,14,15,16,17). The molecule has 1 atom stereocenters. The molecule has 0 bridgehead atoms. The van der Waals surface area contributed by atoms with Crippen LogP contribution in [0.4, 0.5) is 10.6 Å². The van der Waals surface area contributed by atoms with Crippen molar-refractivity contribution in [3.8, 4) is 0 Å². The van der Waals surface area contributed by atoms with Gasteiger partial charge in [0.2, 0.25) is 5.91 Å². The van der Waals surface area contributed by atoms with E-state index in [9.17, 15) is 9.59 Å². The first-order chi connectivity index (χ1) is 8.20. The minimum Gasteiger partial charge on any atom is -0.352 e. The number of nitrogens with zero attached hydrogens (tertiary/aromatic N) is 1. The first kappa shape index (κ1) is 14.0. The zero-order valence-electron chi connectivity index (χ0n) is 11.0. The van der Waals surface area contributed by atoms with Gasteiger partial charge in [-0.05, 0) is 6.92 Å². The normalized spacial score (nSPS) is 12.9. The summed E-state index contributed by atoms with van der Waals surface area (Å²) in [6, 6.07) is 0.307. The summed E-state index contributed by atoms with van der Waals surface area (Å²) in [5, 5.41) is 11.7. The molecule has 0 aromatic carbocycles. The van der Waals surface area contributed by atoms with Gasteiger partial charge in [0.15, 0.2) is 5.82 Å². The van der Waals surface area contributed by atoms with E-state index in [0.717, 1.165) is 5.69 Å². The highest BCUT2D eigenvalue weighted by Gasteiger charge is 2.19. The maximum Gasteiger partial charge on any atom is 0.312 e. The number of aromatic amines is 1. The molecule has 1 heterocycles. The summed E-state index contributed by atoms with van der Waals surface area (Å²) in [7, 11) is 0. The first-order valence-corrected chi connectivity index (χ1v) is 5.63. The number of H-pyrrole nitrogens is 1. The third kappa shape index (κ3) is 3.76. The molecule has 7 nitrogen and oxygen atoms in total. The molecular weight excluding hydrogens is 234 g/mol. The van der Waals surface area contributed by atoms with E-state index in [1.807, 2.05) is 20.8 Å². The third-order valence-electron chi connectivity index (χ3n) is 2.39. The number of hydrogen-bond donors (Lipinski definition) is 4. The van der Waals surface area contributed by atoms with Crippen LogP contribution in [0, 0.1) is 0 Å². The van der Waals surface area contributed by atoms with Gasteiger partial charge in [0.1, 0.15) is 6.04 Å². The van der Waals surface area contributed by atoms with Gasteiger partial charge in [0.25, 0.3) is 0 Å². The maximum absolute atomic E-state index is 11.7. The highest BCUT2D eigenvalue weighted by molar-refractivity contribution is 5.95. The van der Waals surface area contributed by atoms with E-state index in [0.29, 0.717) is 5.82 Å². The van der Waals surface area contributed by atoms with E-state index >= 15 is 0 Å². The Hall–Kier alpha value is -2.05. The fraction of sp³-hybridized carbons (Fsp3) is 0.545. The summed E-state index contributed by atoms with van der Waals surface area (Å²) in [6.07, 6.45) is 0. The van der Waals surface area contributed by atoms with E-state index in [1.54, 1.807) is 6.07 Å². The third-order valence-corrected chi connectivity index (χ3v) is 2.39. The van der Waals surface area contributed by atoms with Crippen molar-refractivity contribution >= 4 is 17.8 Å². The fourth-order valence-corrected chi connectivity index (χ4v) is 1.28. The van der Waals surface area contributed by atoms with Gasteiger partial charge in [-0.1, -0.05) is 20.8 Å². The predicted octanol–water partition coefficient (Wildman–Crippen LogP) is 0.702. The van der Waals surface area contributed by atoms with Crippen LogP contribution >= 0.6 is 0 Å². The number of aromatic nitrogens is 2. The van der Waals surface area contributed by atoms with E-state index in [-0.39, 0.29) is 11.3 Å². The molecule has 18 heavy (non-hydrogen) atoms. The molecule has 0 spiro atoms. The van der Waals surface area contributed by atoms with Crippen LogP contribution in [0.2, 0.25) is 0 Å². The van der Waals surface area contributed by atoms with Gasteiger partial charge >= 0.3 is 6.03 Å². The number of nitrogens with one attached hydrogen (secondary N) is 3. The van der Waals surface area contributed by atoms with Gasteiger partial charge in [-0.25, -0.2) is 4.79 Å². The van der Waals surface area contributed by atoms with Crippen LogP contribution in [-0.4, -0.2) is 28.2 Å². The maximum atomic E-state index is 11.7. The fourth-order valence-electron chi connectivity index (χ4n) is 1.28. The molecule has 0 aliphatic heterocycles. The molecule has 1 aromatic rings. The van der Waals surface area contributed by atoms with E-state index in [1.165, 1.54) is 6.92 Å². The molecule has 0 saturated carbocycles. The molecule has 7 heteroatoms. The Labute approximate surface area is 106 Å². The van der Waals surface area contributed by atoms with Gasteiger partial charge in [0, 0.05) is 17.2 Å². The van der Waals surface area contributed by atoms with Crippen molar-refractivity contribution in [1.82, 2.24) is 15.5 Å². The molecule has 100 valence electrons. The van der Waals surface area contributed by atoms with Crippen LogP contribution in [-0.2, 0) is 10.2 Å². The summed E-state index contributed by atoms with van der Waals surface area (Å²) >= 11 is 0. The predicted molar refractivity (Wildman–Crippen MR) is 68.1 cm³/mol. The van der Waals surface area contributed by atoms with Crippen molar-refractivity contribution in [2.45, 2.75) is 39.2 Å². The number of nitrogens with two attached hydrogens (primary N) is 1. The molecule has 0 fully saturated rings. The Bertz CT molecular complexity index is 447. The second kappa shape index (κ2) is 5.07. The van der Waals surface area contributed by atoms with Crippen molar-refractivity contribution in [3.63, 3.8) is 0 Å². The Kier molecular flexibility index (Phi) is 3.95. The Morgan fingerprint density at radius 3 is 2.50 bits per heavy atom. The monoisotopic (exact) mass is 253 g/mol. The zero-order valence-corrected chi connectivity index (χ0v) is 11.0. The molecular formula is C11H19N5O2. The van der Waals surface area contributed by atoms with Crippen molar-refractivity contribution < 1.29 is 9.59 Å². The Morgan fingerprint density at radius 2 is 2.06 bits per heavy atom. The summed E-state index contributed by atoms with van der Waals surface area (Å²) in [5.41, 5.74) is 5.77. The topological polar surface area (TPSA) is 113 Å². The van der Waals surface area contributed by atoms with Crippen LogP contribution in [0.1, 0.15) is 33.4 Å². The molecule has 5 N–H and O–H groups in total. The number of urea groups is 1. The van der Waals surface area contributed by atoms with Gasteiger partial charge in [0.05, 0.1) is 0 Å². The lowest BCUT2D eigenvalue weighted by Gasteiger charge is -2.14. The number of carbonyl (C=O) groups is 2. The Balaban J connectivity index is 2.65. The van der Waals surface area contributed by atoms with Gasteiger partial charge in [-0.3, -0.25) is 9.89 Å². The van der Waals surface area contributed by atoms with Crippen molar-refractivity contribution in [2.75, 3.05) is 5.32 Å². The van der Waals surface area contributed by atoms with E-state index < -0.39 is 12.1 Å². The lowest BCUT2D eigenvalue weighted by atomic mass is 9.92. The number of anilines is 1. The minimum absolute atomic E-state index is 0.0763. The highest BCUT2D eigenvalue weighted by atomic mass is 16.2. The number of rotatable bonds is 3. The average Bonchev–Trinajstić information content (AvgIpc) is 2.64. The molecule has 0 aliphatic carbocycles. The second-order valence-corrected chi connectivity index (χ2v) is 5.14. The van der Waals surface area contributed by atoms with Crippen molar-refractivity contribution in [2.24, 2.45) is 5.73 Å². The lowest BCUT2D eigenvalue weighted by Crippen LogP contribution is -2.44. The molecule has 1 rings (SSSR count). The van der Waals surface area contributed by atoms with Crippen LogP contribution in [0.25, 0.3) is 0 Å². The lowest BCUT2D eigenvalue weighted by molar-refractivity contribution is -0.117. The van der Waals surface area contributed by atoms with Gasteiger partial charge in [-0.2, -0.15) is 5.10 Å². The SMILES string of the molecule is CC(NC(N)=O)C(=O)Nc1cc(C(C)(C)C)[nH]n1. The van der Waals surface area contributed by atoms with E-state index in [4.69, 9.17) is 5.73 Å². The molecule has 1 unspecified atom stereocenters. The first-order valence-electron chi connectivity index (χ1n) is 5.63. The highest BCUT2D eigenvalue weighted by Crippen LogP contribution is 2.21. The van der Waals surface area contributed by atoms with Crippen molar-refractivity contribution in [3.05, 3.63) is 11.8 Å². The number of hydrogen-bond acceptors (Lipinski definition) is 3. The molecule has 0 aliphatic rings. The summed E-state index contributed by atoms with van der Waals surface area (Å²) in [5.74, 6) is 0.0452. The Morgan fingerprint density at radius 1 is 1.44 bits per heavy atom. The smallest absolute Gasteiger partial charge is 0.312 e. The summed E-state index contributed by atoms with van der Waals surface area (Å²) in [6.45, 7) is 7.63. The largest absolute Gasteiger partial charge is 0.352 e. The van der Waals surface area contributed by atoms with Gasteiger partial charge in [-0.15, -0.1) is 0 Å². The van der Waals surface area contributed by atoms with Crippen LogP contribution in [0.5, 0.6) is 0 Å². The quantitative estimate of drug-likeness (QED) is 0.636. The molecule has 0 saturated heterocycles. The second-order valence-electron chi connectivity index (χ2n) is 5.14. The molecule has 0 radical (unpaired) electrons. The van der Waals surface area contributed by atoms with E-state index in [2.05, 4.69) is 20.8 Å². The number of carbonyl (C=O) groups excluding carboxylic acids is 2. The van der Waals surface area contributed by atoms with Crippen LogP contribution < -0.4 is 16.4 Å². The average molecular weight is 253 g/mol. The van der Waals surface area contributed by atoms with Crippen LogP contribution in [0.3, 0.4) is 0 Å². The summed E-state index contributed by atoms with van der Waals surface area (Å²) < 4.78 is 0. The van der Waals surface area contributed by atoms with Crippen LogP contribution in [0.15, 0.2) is 6.07 Å².